The number of hydrogen-bond acceptors (Lipinski definition) is 4. The van der Waals surface area contributed by atoms with E-state index < -0.39 is 5.03 Å². The molecule has 0 saturated heterocycles. The normalized spacial score (nSPS) is 21.8. The SMILES string of the molecule is CCCCC1N=NCN1[N+](=O)[O-]. The molecular weight excluding hydrogens is 160 g/mol. The van der Waals surface area contributed by atoms with E-state index in [1.54, 1.807) is 0 Å². The Morgan fingerprint density at radius 3 is 3.08 bits per heavy atom. The Kier molecular flexibility index (Phi) is 2.95. The maximum Gasteiger partial charge on any atom is 0.201 e. The third-order valence-corrected chi connectivity index (χ3v) is 1.79. The molecule has 0 aliphatic carbocycles. The molecule has 68 valence electrons. The molecule has 0 amide bonds. The summed E-state index contributed by atoms with van der Waals surface area (Å²) in [6.45, 7) is 2.14. The Hall–Kier alpha value is -1.20. The molecule has 0 bridgehead atoms. The molecule has 1 aliphatic rings. The van der Waals surface area contributed by atoms with Gasteiger partial charge in [0, 0.05) is 0 Å². The molecule has 0 aromatic rings. The molecule has 6 heteroatoms. The predicted molar refractivity (Wildman–Crippen MR) is 41.9 cm³/mol. The summed E-state index contributed by atoms with van der Waals surface area (Å²) < 4.78 is 0. The van der Waals surface area contributed by atoms with E-state index in [9.17, 15) is 10.1 Å². The standard InChI is InChI=1S/C6H12N4O2/c1-2-3-4-6-8-7-5-9(6)10(11)12/h6H,2-5H2,1H3. The lowest BCUT2D eigenvalue weighted by Crippen LogP contribution is -2.35. The molecule has 6 nitrogen and oxygen atoms in total. The van der Waals surface area contributed by atoms with Crippen LogP contribution in [0.15, 0.2) is 10.2 Å². The van der Waals surface area contributed by atoms with E-state index in [4.69, 9.17) is 0 Å². The Morgan fingerprint density at radius 1 is 1.75 bits per heavy atom. The Bertz CT molecular complexity index is 194. The third kappa shape index (κ3) is 1.90. The van der Waals surface area contributed by atoms with E-state index in [1.165, 1.54) is 0 Å². The van der Waals surface area contributed by atoms with Crippen LogP contribution in [-0.2, 0) is 0 Å². The lowest BCUT2D eigenvalue weighted by Gasteiger charge is -2.11. The molecule has 0 aromatic heterocycles. The fourth-order valence-electron chi connectivity index (χ4n) is 1.10. The lowest BCUT2D eigenvalue weighted by molar-refractivity contribution is -0.660. The molecule has 12 heavy (non-hydrogen) atoms. The van der Waals surface area contributed by atoms with Crippen LogP contribution in [0.3, 0.4) is 0 Å². The van der Waals surface area contributed by atoms with Gasteiger partial charge in [-0.05, 0) is 12.8 Å². The van der Waals surface area contributed by atoms with Gasteiger partial charge < -0.3 is 0 Å². The van der Waals surface area contributed by atoms with Crippen molar-refractivity contribution in [1.82, 2.24) is 5.01 Å². The second kappa shape index (κ2) is 3.99. The second-order valence-electron chi connectivity index (χ2n) is 2.70. The van der Waals surface area contributed by atoms with Gasteiger partial charge in [-0.15, -0.1) is 0 Å². The van der Waals surface area contributed by atoms with Gasteiger partial charge >= 0.3 is 0 Å². The second-order valence-corrected chi connectivity index (χ2v) is 2.70. The summed E-state index contributed by atoms with van der Waals surface area (Å²) in [4.78, 5) is 10.4. The number of nitrogens with zero attached hydrogens (tertiary/aromatic N) is 4. The van der Waals surface area contributed by atoms with Gasteiger partial charge in [-0.1, -0.05) is 18.4 Å². The summed E-state index contributed by atoms with van der Waals surface area (Å²) in [7, 11) is 0. The van der Waals surface area contributed by atoms with Crippen molar-refractivity contribution in [1.29, 1.82) is 0 Å². The molecule has 0 spiro atoms. The van der Waals surface area contributed by atoms with Crippen LogP contribution >= 0.6 is 0 Å². The fourth-order valence-corrected chi connectivity index (χ4v) is 1.10. The molecule has 0 fully saturated rings. The van der Waals surface area contributed by atoms with E-state index >= 15 is 0 Å². The predicted octanol–water partition coefficient (Wildman–Crippen LogP) is 1.42. The van der Waals surface area contributed by atoms with Gasteiger partial charge in [-0.2, -0.15) is 10.2 Å². The van der Waals surface area contributed by atoms with Crippen LogP contribution in [0, 0.1) is 10.1 Å². The third-order valence-electron chi connectivity index (χ3n) is 1.79. The van der Waals surface area contributed by atoms with Gasteiger partial charge in [-0.3, -0.25) is 0 Å². The average Bonchev–Trinajstić information content (AvgIpc) is 2.48. The highest BCUT2D eigenvalue weighted by Gasteiger charge is 2.29. The van der Waals surface area contributed by atoms with Gasteiger partial charge in [0.15, 0.2) is 11.7 Å². The zero-order valence-electron chi connectivity index (χ0n) is 7.01. The van der Waals surface area contributed by atoms with Crippen LogP contribution in [0.25, 0.3) is 0 Å². The van der Waals surface area contributed by atoms with Crippen molar-refractivity contribution < 1.29 is 5.03 Å². The average molecular weight is 172 g/mol. The number of nitro groups is 1. The molecular formula is C6H12N4O2. The van der Waals surface area contributed by atoms with Gasteiger partial charge in [-0.25, -0.2) is 10.1 Å². The first-order valence-electron chi connectivity index (χ1n) is 4.03. The van der Waals surface area contributed by atoms with Crippen molar-refractivity contribution in [3.63, 3.8) is 0 Å². The van der Waals surface area contributed by atoms with Crippen LogP contribution in [-0.4, -0.2) is 22.9 Å². The van der Waals surface area contributed by atoms with Gasteiger partial charge in [0.1, 0.15) is 0 Å². The van der Waals surface area contributed by atoms with E-state index in [0.29, 0.717) is 0 Å². The summed E-state index contributed by atoms with van der Waals surface area (Å²) in [5.74, 6) is 0. The first-order valence-corrected chi connectivity index (χ1v) is 4.03. The number of hydrogen-bond donors (Lipinski definition) is 0. The quantitative estimate of drug-likeness (QED) is 0.475. The highest BCUT2D eigenvalue weighted by molar-refractivity contribution is 4.64. The highest BCUT2D eigenvalue weighted by atomic mass is 16.7. The Labute approximate surface area is 70.4 Å². The van der Waals surface area contributed by atoms with E-state index in [1.807, 2.05) is 6.92 Å². The van der Waals surface area contributed by atoms with E-state index in [0.717, 1.165) is 24.3 Å². The molecule has 0 saturated carbocycles. The molecule has 0 N–H and O–H groups in total. The minimum atomic E-state index is -0.430. The van der Waals surface area contributed by atoms with E-state index in [2.05, 4.69) is 10.2 Å². The number of hydrazine groups is 1. The van der Waals surface area contributed by atoms with Crippen molar-refractivity contribution >= 4 is 0 Å². The minimum Gasteiger partial charge on any atom is -0.235 e. The largest absolute Gasteiger partial charge is 0.235 e. The van der Waals surface area contributed by atoms with Crippen LogP contribution in [0.1, 0.15) is 26.2 Å². The molecule has 1 heterocycles. The number of unbranched alkanes of at least 4 members (excludes halogenated alkanes) is 1. The summed E-state index contributed by atoms with van der Waals surface area (Å²) in [6, 6.07) is 0. The van der Waals surface area contributed by atoms with E-state index in [-0.39, 0.29) is 12.8 Å². The van der Waals surface area contributed by atoms with Gasteiger partial charge in [0.05, 0.1) is 0 Å². The molecule has 1 atom stereocenters. The van der Waals surface area contributed by atoms with Crippen LogP contribution in [0.5, 0.6) is 0 Å². The Morgan fingerprint density at radius 2 is 2.50 bits per heavy atom. The number of azo groups is 1. The first-order chi connectivity index (χ1) is 5.75. The van der Waals surface area contributed by atoms with Gasteiger partial charge in [0.25, 0.3) is 0 Å². The fraction of sp³-hybridized carbons (Fsp3) is 1.00. The smallest absolute Gasteiger partial charge is 0.201 e. The summed E-state index contributed by atoms with van der Waals surface area (Å²) in [5.41, 5.74) is 0. The van der Waals surface area contributed by atoms with Crippen molar-refractivity contribution in [2.75, 3.05) is 6.67 Å². The lowest BCUT2D eigenvalue weighted by atomic mass is 10.2. The van der Waals surface area contributed by atoms with Crippen molar-refractivity contribution in [2.45, 2.75) is 32.4 Å². The zero-order chi connectivity index (χ0) is 8.97. The maximum absolute atomic E-state index is 10.4. The van der Waals surface area contributed by atoms with Crippen LogP contribution < -0.4 is 0 Å². The van der Waals surface area contributed by atoms with Crippen LogP contribution in [0.4, 0.5) is 0 Å². The summed E-state index contributed by atoms with van der Waals surface area (Å²) >= 11 is 0. The summed E-state index contributed by atoms with van der Waals surface area (Å²) in [5, 5.41) is 18.4. The van der Waals surface area contributed by atoms with Crippen molar-refractivity contribution in [2.24, 2.45) is 10.2 Å². The molecule has 1 aliphatic heterocycles. The molecule has 0 aromatic carbocycles. The van der Waals surface area contributed by atoms with Crippen molar-refractivity contribution in [3.8, 4) is 0 Å². The monoisotopic (exact) mass is 172 g/mol. The molecule has 1 rings (SSSR count). The summed E-state index contributed by atoms with van der Waals surface area (Å²) in [6.07, 6.45) is 2.37. The van der Waals surface area contributed by atoms with Crippen molar-refractivity contribution in [3.05, 3.63) is 10.1 Å². The maximum atomic E-state index is 10.4. The Balaban J connectivity index is 2.40. The first kappa shape index (κ1) is 8.89. The number of rotatable bonds is 4. The topological polar surface area (TPSA) is 71.1 Å². The highest BCUT2D eigenvalue weighted by Crippen LogP contribution is 2.15. The molecule has 0 radical (unpaired) electrons. The molecule has 1 unspecified atom stereocenters. The van der Waals surface area contributed by atoms with Crippen LogP contribution in [0.2, 0.25) is 0 Å². The van der Waals surface area contributed by atoms with Gasteiger partial charge in [0.2, 0.25) is 6.17 Å². The minimum absolute atomic E-state index is 0.0986. The zero-order valence-corrected chi connectivity index (χ0v) is 7.01.